The third-order valence-electron chi connectivity index (χ3n) is 3.50. The Morgan fingerprint density at radius 1 is 1.19 bits per heavy atom. The summed E-state index contributed by atoms with van der Waals surface area (Å²) in [6.07, 6.45) is 6.10. The van der Waals surface area contributed by atoms with E-state index in [0.29, 0.717) is 13.1 Å². The molecule has 8 heteroatoms. The number of hydrogen-bond donors (Lipinski definition) is 1. The van der Waals surface area contributed by atoms with Gasteiger partial charge in [-0.3, -0.25) is 0 Å². The fraction of sp³-hybridized carbons (Fsp3) is 0.615. The summed E-state index contributed by atoms with van der Waals surface area (Å²) in [6.45, 7) is 3.17. The molecule has 1 aromatic heterocycles. The van der Waals surface area contributed by atoms with E-state index in [1.807, 2.05) is 0 Å². The average molecular weight is 352 g/mol. The van der Waals surface area contributed by atoms with Crippen LogP contribution in [0.15, 0.2) is 17.2 Å². The largest absolute Gasteiger partial charge is 0.302 e. The first-order valence-electron chi connectivity index (χ1n) is 7.02. The maximum atomic E-state index is 12.1. The van der Waals surface area contributed by atoms with Crippen LogP contribution in [0.25, 0.3) is 0 Å². The van der Waals surface area contributed by atoms with Crippen molar-refractivity contribution >= 4 is 33.2 Å². The molecule has 0 saturated carbocycles. The second-order valence-electron chi connectivity index (χ2n) is 5.10. The van der Waals surface area contributed by atoms with E-state index < -0.39 is 10.0 Å². The molecule has 0 unspecified atom stereocenters. The van der Waals surface area contributed by atoms with Gasteiger partial charge in [-0.05, 0) is 32.0 Å². The lowest BCUT2D eigenvalue weighted by Crippen LogP contribution is -2.35. The van der Waals surface area contributed by atoms with Crippen LogP contribution in [0, 0.1) is 0 Å². The highest BCUT2D eigenvalue weighted by Crippen LogP contribution is 2.21. The maximum absolute atomic E-state index is 12.1. The zero-order valence-electron chi connectivity index (χ0n) is 11.7. The van der Waals surface area contributed by atoms with Crippen LogP contribution in [0.2, 0.25) is 10.2 Å². The molecule has 0 bridgehead atoms. The average Bonchev–Trinajstić information content (AvgIpc) is 2.70. The Morgan fingerprint density at radius 3 is 2.48 bits per heavy atom. The Bertz CT molecular complexity index is 573. The van der Waals surface area contributed by atoms with Crippen molar-refractivity contribution in [1.82, 2.24) is 14.6 Å². The minimum absolute atomic E-state index is 0.0350. The first kappa shape index (κ1) is 17.0. The summed E-state index contributed by atoms with van der Waals surface area (Å²) in [6, 6.07) is 1.31. The van der Waals surface area contributed by atoms with Gasteiger partial charge in [0.05, 0.1) is 5.02 Å². The Labute approximate surface area is 135 Å². The molecule has 0 aromatic carbocycles. The van der Waals surface area contributed by atoms with E-state index in [1.54, 1.807) is 0 Å². The third-order valence-corrected chi connectivity index (χ3v) is 5.61. The standard InChI is InChI=1S/C13H19Cl2N3O2S/c14-12-9-11(10-16-13(12)15)21(19,20)17-5-8-18-6-3-1-2-4-7-18/h9-10,17H,1-8H2. The number of halogens is 2. The zero-order chi connectivity index (χ0) is 15.3. The van der Waals surface area contributed by atoms with Gasteiger partial charge in [-0.2, -0.15) is 0 Å². The topological polar surface area (TPSA) is 62.3 Å². The van der Waals surface area contributed by atoms with Crippen LogP contribution >= 0.6 is 23.2 Å². The van der Waals surface area contributed by atoms with Crippen molar-refractivity contribution in [2.24, 2.45) is 0 Å². The number of pyridine rings is 1. The summed E-state index contributed by atoms with van der Waals surface area (Å²) in [5.74, 6) is 0. The lowest BCUT2D eigenvalue weighted by atomic mass is 10.2. The molecule has 1 aliphatic heterocycles. The van der Waals surface area contributed by atoms with E-state index in [0.717, 1.165) is 13.1 Å². The molecule has 2 rings (SSSR count). The highest BCUT2D eigenvalue weighted by molar-refractivity contribution is 7.89. The predicted octanol–water partition coefficient (Wildman–Crippen LogP) is 2.54. The highest BCUT2D eigenvalue weighted by atomic mass is 35.5. The Kier molecular flexibility index (Phi) is 6.25. The molecule has 0 radical (unpaired) electrons. The summed E-state index contributed by atoms with van der Waals surface area (Å²) in [5.41, 5.74) is 0. The van der Waals surface area contributed by atoms with Gasteiger partial charge in [0.2, 0.25) is 10.0 Å². The van der Waals surface area contributed by atoms with Crippen LogP contribution in [0.3, 0.4) is 0 Å². The van der Waals surface area contributed by atoms with Gasteiger partial charge >= 0.3 is 0 Å². The molecule has 1 N–H and O–H groups in total. The van der Waals surface area contributed by atoms with Gasteiger partial charge in [0.15, 0.2) is 0 Å². The monoisotopic (exact) mass is 351 g/mol. The molecule has 0 amide bonds. The normalized spacial score (nSPS) is 17.6. The number of hydrogen-bond acceptors (Lipinski definition) is 4. The smallest absolute Gasteiger partial charge is 0.242 e. The van der Waals surface area contributed by atoms with Gasteiger partial charge < -0.3 is 4.90 Å². The minimum Gasteiger partial charge on any atom is -0.302 e. The number of nitrogens with zero attached hydrogens (tertiary/aromatic N) is 2. The lowest BCUT2D eigenvalue weighted by molar-refractivity contribution is 0.290. The first-order chi connectivity index (χ1) is 9.99. The van der Waals surface area contributed by atoms with Gasteiger partial charge in [0.1, 0.15) is 10.0 Å². The SMILES string of the molecule is O=S(=O)(NCCN1CCCCCC1)c1cnc(Cl)c(Cl)c1. The quantitative estimate of drug-likeness (QED) is 0.828. The molecule has 1 aromatic rings. The number of sulfonamides is 1. The van der Waals surface area contributed by atoms with Crippen molar-refractivity contribution in [1.29, 1.82) is 0 Å². The van der Waals surface area contributed by atoms with Crippen molar-refractivity contribution < 1.29 is 8.42 Å². The minimum atomic E-state index is -3.59. The molecule has 1 fully saturated rings. The molecular formula is C13H19Cl2N3O2S. The predicted molar refractivity (Wildman–Crippen MR) is 84.4 cm³/mol. The van der Waals surface area contributed by atoms with Crippen LogP contribution in [0.4, 0.5) is 0 Å². The molecule has 0 spiro atoms. The second kappa shape index (κ2) is 7.74. The summed E-state index contributed by atoms with van der Waals surface area (Å²) in [5, 5.41) is 0.229. The molecule has 0 atom stereocenters. The molecule has 21 heavy (non-hydrogen) atoms. The number of aromatic nitrogens is 1. The van der Waals surface area contributed by atoms with E-state index in [-0.39, 0.29) is 15.1 Å². The fourth-order valence-electron chi connectivity index (χ4n) is 2.33. The van der Waals surface area contributed by atoms with Crippen LogP contribution in [-0.2, 0) is 10.0 Å². The van der Waals surface area contributed by atoms with Gasteiger partial charge in [-0.25, -0.2) is 18.1 Å². The lowest BCUT2D eigenvalue weighted by Gasteiger charge is -2.19. The summed E-state index contributed by atoms with van der Waals surface area (Å²) >= 11 is 11.5. The van der Waals surface area contributed by atoms with Crippen LogP contribution in [0.5, 0.6) is 0 Å². The molecule has 118 valence electrons. The van der Waals surface area contributed by atoms with Gasteiger partial charge in [-0.1, -0.05) is 36.0 Å². The molecule has 1 saturated heterocycles. The third kappa shape index (κ3) is 5.07. The molecule has 0 aliphatic carbocycles. The van der Waals surface area contributed by atoms with Gasteiger partial charge in [0.25, 0.3) is 0 Å². The summed E-state index contributed by atoms with van der Waals surface area (Å²) in [7, 11) is -3.59. The number of nitrogens with one attached hydrogen (secondary N) is 1. The van der Waals surface area contributed by atoms with Crippen LogP contribution < -0.4 is 4.72 Å². The highest BCUT2D eigenvalue weighted by Gasteiger charge is 2.17. The number of rotatable bonds is 5. The Hall–Kier alpha value is -0.400. The van der Waals surface area contributed by atoms with Crippen LogP contribution in [0.1, 0.15) is 25.7 Å². The van der Waals surface area contributed by atoms with Crippen molar-refractivity contribution in [3.05, 3.63) is 22.4 Å². The van der Waals surface area contributed by atoms with Gasteiger partial charge in [-0.15, -0.1) is 0 Å². The van der Waals surface area contributed by atoms with Gasteiger partial charge in [0, 0.05) is 19.3 Å². The molecule has 2 heterocycles. The summed E-state index contributed by atoms with van der Waals surface area (Å²) in [4.78, 5) is 6.09. The van der Waals surface area contributed by atoms with E-state index in [2.05, 4.69) is 14.6 Å². The van der Waals surface area contributed by atoms with E-state index in [9.17, 15) is 8.42 Å². The van der Waals surface area contributed by atoms with Crippen molar-refractivity contribution in [2.75, 3.05) is 26.2 Å². The summed E-state index contributed by atoms with van der Waals surface area (Å²) < 4.78 is 26.8. The molecule has 1 aliphatic rings. The Morgan fingerprint density at radius 2 is 1.86 bits per heavy atom. The Balaban J connectivity index is 1.90. The number of likely N-dealkylation sites (tertiary alicyclic amines) is 1. The molecule has 5 nitrogen and oxygen atoms in total. The maximum Gasteiger partial charge on any atom is 0.242 e. The van der Waals surface area contributed by atoms with E-state index in [1.165, 1.54) is 37.9 Å². The van der Waals surface area contributed by atoms with Crippen molar-refractivity contribution in [3.63, 3.8) is 0 Å². The van der Waals surface area contributed by atoms with Crippen LogP contribution in [-0.4, -0.2) is 44.5 Å². The molecular weight excluding hydrogens is 333 g/mol. The van der Waals surface area contributed by atoms with E-state index >= 15 is 0 Å². The van der Waals surface area contributed by atoms with Crippen molar-refractivity contribution in [3.8, 4) is 0 Å². The second-order valence-corrected chi connectivity index (χ2v) is 7.63. The van der Waals surface area contributed by atoms with E-state index in [4.69, 9.17) is 23.2 Å². The fourth-order valence-corrected chi connectivity index (χ4v) is 3.66. The van der Waals surface area contributed by atoms with Crippen molar-refractivity contribution in [2.45, 2.75) is 30.6 Å². The zero-order valence-corrected chi connectivity index (χ0v) is 14.0. The first-order valence-corrected chi connectivity index (χ1v) is 9.26.